The molecule has 1 saturated carbocycles. The lowest BCUT2D eigenvalue weighted by atomic mass is 9.85. The Labute approximate surface area is 222 Å². The van der Waals surface area contributed by atoms with Gasteiger partial charge in [-0.15, -0.1) is 0 Å². The lowest BCUT2D eigenvalue weighted by molar-refractivity contribution is 0.276. The summed E-state index contributed by atoms with van der Waals surface area (Å²) in [6, 6.07) is 6.24. The summed E-state index contributed by atoms with van der Waals surface area (Å²) in [6.45, 7) is 11.6. The van der Waals surface area contributed by atoms with E-state index < -0.39 is 8.32 Å². The summed E-state index contributed by atoms with van der Waals surface area (Å²) < 4.78 is 7.22. The Balaban J connectivity index is 1.79. The van der Waals surface area contributed by atoms with Crippen molar-refractivity contribution in [3.05, 3.63) is 38.4 Å². The molecular weight excluding hydrogens is 553 g/mol. The molecule has 1 aromatic heterocycles. The molecule has 6 nitrogen and oxygen atoms in total. The zero-order valence-corrected chi connectivity index (χ0v) is 24.4. The molecule has 0 spiro atoms. The quantitative estimate of drug-likeness (QED) is 0.318. The molecule has 3 rings (SSSR count). The monoisotopic (exact) mass is 583 g/mol. The SMILES string of the molecule is CC(C)(C)[Si](C)(C)OCc1cc(Nc2ncc(Cl)c(NC3CCCCC3C#N)n2)cc(Cl)c1Br. The summed E-state index contributed by atoms with van der Waals surface area (Å²) in [5, 5.41) is 17.2. The van der Waals surface area contributed by atoms with E-state index in [2.05, 4.69) is 76.5 Å². The lowest BCUT2D eigenvalue weighted by Gasteiger charge is -2.36. The first-order valence-corrected chi connectivity index (χ1v) is 15.9. The van der Waals surface area contributed by atoms with Crippen LogP contribution < -0.4 is 10.6 Å². The van der Waals surface area contributed by atoms with Crippen LogP contribution in [0.15, 0.2) is 22.8 Å². The number of benzene rings is 1. The molecule has 1 fully saturated rings. The number of nitrogens with zero attached hydrogens (tertiary/aromatic N) is 3. The van der Waals surface area contributed by atoms with Crippen LogP contribution >= 0.6 is 39.1 Å². The molecule has 34 heavy (non-hydrogen) atoms. The molecular formula is C24H32BrCl2N5OSi. The molecule has 1 aromatic carbocycles. The summed E-state index contributed by atoms with van der Waals surface area (Å²) in [4.78, 5) is 8.90. The molecule has 0 radical (unpaired) electrons. The highest BCUT2D eigenvalue weighted by Gasteiger charge is 2.37. The van der Waals surface area contributed by atoms with Crippen LogP contribution in [0.3, 0.4) is 0 Å². The van der Waals surface area contributed by atoms with Gasteiger partial charge in [0.1, 0.15) is 5.02 Å². The minimum atomic E-state index is -1.92. The van der Waals surface area contributed by atoms with Gasteiger partial charge in [-0.3, -0.25) is 0 Å². The van der Waals surface area contributed by atoms with Crippen molar-refractivity contribution in [1.82, 2.24) is 9.97 Å². The predicted octanol–water partition coefficient (Wildman–Crippen LogP) is 8.31. The summed E-state index contributed by atoms with van der Waals surface area (Å²) >= 11 is 16.5. The van der Waals surface area contributed by atoms with E-state index in [0.29, 0.717) is 28.4 Å². The van der Waals surface area contributed by atoms with Gasteiger partial charge in [0.05, 0.1) is 29.8 Å². The van der Waals surface area contributed by atoms with E-state index in [1.54, 1.807) is 6.20 Å². The van der Waals surface area contributed by atoms with E-state index in [4.69, 9.17) is 27.6 Å². The third kappa shape index (κ3) is 6.64. The third-order valence-corrected chi connectivity index (χ3v) is 13.0. The van der Waals surface area contributed by atoms with Gasteiger partial charge in [-0.05, 0) is 64.6 Å². The Hall–Kier alpha value is -1.37. The van der Waals surface area contributed by atoms with Crippen molar-refractivity contribution in [3.8, 4) is 6.07 Å². The van der Waals surface area contributed by atoms with E-state index in [0.717, 1.165) is 41.4 Å². The Morgan fingerprint density at radius 1 is 1.21 bits per heavy atom. The number of hydrogen-bond donors (Lipinski definition) is 2. The number of halogens is 3. The van der Waals surface area contributed by atoms with E-state index in [1.165, 1.54) is 0 Å². The number of nitrogens with one attached hydrogen (secondary N) is 2. The van der Waals surface area contributed by atoms with Crippen LogP contribution in [0.2, 0.25) is 28.2 Å². The fourth-order valence-corrected chi connectivity index (χ4v) is 5.27. The fraction of sp³-hybridized carbons (Fsp3) is 0.542. The van der Waals surface area contributed by atoms with Crippen molar-refractivity contribution in [2.45, 2.75) is 77.2 Å². The number of hydrogen-bond acceptors (Lipinski definition) is 6. The molecule has 1 heterocycles. The van der Waals surface area contributed by atoms with Crippen LogP contribution in [0, 0.1) is 17.2 Å². The Bertz CT molecular complexity index is 1070. The van der Waals surface area contributed by atoms with Crippen molar-refractivity contribution in [2.24, 2.45) is 5.92 Å². The van der Waals surface area contributed by atoms with Crippen molar-refractivity contribution in [2.75, 3.05) is 10.6 Å². The number of nitriles is 1. The van der Waals surface area contributed by atoms with E-state index in [-0.39, 0.29) is 17.0 Å². The smallest absolute Gasteiger partial charge is 0.229 e. The zero-order valence-electron chi connectivity index (χ0n) is 20.3. The van der Waals surface area contributed by atoms with Crippen LogP contribution in [-0.2, 0) is 11.0 Å². The lowest BCUT2D eigenvalue weighted by Crippen LogP contribution is -2.40. The van der Waals surface area contributed by atoms with E-state index in [9.17, 15) is 5.26 Å². The summed E-state index contributed by atoms with van der Waals surface area (Å²) in [5.41, 5.74) is 1.70. The third-order valence-electron chi connectivity index (χ3n) is 6.75. The molecule has 0 aliphatic heterocycles. The topological polar surface area (TPSA) is 82.9 Å². The molecule has 2 aromatic rings. The largest absolute Gasteiger partial charge is 0.413 e. The molecule has 2 unspecified atom stereocenters. The van der Waals surface area contributed by atoms with Crippen molar-refractivity contribution < 1.29 is 4.43 Å². The summed E-state index contributed by atoms with van der Waals surface area (Å²) in [6.07, 6.45) is 5.53. The maximum atomic E-state index is 9.48. The number of rotatable bonds is 7. The van der Waals surface area contributed by atoms with Gasteiger partial charge in [-0.2, -0.15) is 10.2 Å². The fourth-order valence-electron chi connectivity index (χ4n) is 3.59. The molecule has 1 aliphatic carbocycles. The van der Waals surface area contributed by atoms with Crippen LogP contribution in [0.1, 0.15) is 52.0 Å². The molecule has 2 atom stereocenters. The molecule has 10 heteroatoms. The minimum absolute atomic E-state index is 0.0280. The summed E-state index contributed by atoms with van der Waals surface area (Å²) in [5.74, 6) is 0.867. The first-order valence-electron chi connectivity index (χ1n) is 11.5. The molecule has 184 valence electrons. The van der Waals surface area contributed by atoms with Gasteiger partial charge in [0.2, 0.25) is 5.95 Å². The van der Waals surface area contributed by atoms with Crippen molar-refractivity contribution in [1.29, 1.82) is 5.26 Å². The van der Waals surface area contributed by atoms with Gasteiger partial charge in [0.25, 0.3) is 0 Å². The molecule has 1 aliphatic rings. The van der Waals surface area contributed by atoms with Gasteiger partial charge in [0.15, 0.2) is 14.1 Å². The normalized spacial score (nSPS) is 18.9. The minimum Gasteiger partial charge on any atom is -0.413 e. The van der Waals surface area contributed by atoms with Crippen LogP contribution in [0.25, 0.3) is 0 Å². The zero-order chi connectivity index (χ0) is 25.1. The molecule has 0 saturated heterocycles. The number of aromatic nitrogens is 2. The second-order valence-corrected chi connectivity index (χ2v) is 16.7. The highest BCUT2D eigenvalue weighted by Crippen LogP contribution is 2.39. The average molecular weight is 585 g/mol. The maximum Gasteiger partial charge on any atom is 0.229 e. The highest BCUT2D eigenvalue weighted by atomic mass is 79.9. The van der Waals surface area contributed by atoms with E-state index >= 15 is 0 Å². The second kappa shape index (κ2) is 11.1. The van der Waals surface area contributed by atoms with Crippen LogP contribution in [0.4, 0.5) is 17.5 Å². The van der Waals surface area contributed by atoms with Gasteiger partial charge < -0.3 is 15.1 Å². The first kappa shape index (κ1) is 27.2. The molecule has 0 bridgehead atoms. The number of anilines is 3. The van der Waals surface area contributed by atoms with Crippen molar-refractivity contribution in [3.63, 3.8) is 0 Å². The second-order valence-electron chi connectivity index (χ2n) is 10.3. The average Bonchev–Trinajstić information content (AvgIpc) is 2.77. The molecule has 0 amide bonds. The maximum absolute atomic E-state index is 9.48. The predicted molar refractivity (Wildman–Crippen MR) is 146 cm³/mol. The Morgan fingerprint density at radius 2 is 1.91 bits per heavy atom. The Morgan fingerprint density at radius 3 is 2.59 bits per heavy atom. The van der Waals surface area contributed by atoms with Crippen molar-refractivity contribution >= 4 is 64.9 Å². The van der Waals surface area contributed by atoms with Gasteiger partial charge in [-0.1, -0.05) is 56.8 Å². The standard InChI is InChI=1S/C24H32BrCl2N5OSi/c1-24(2,3)34(4,5)33-14-16-10-17(11-18(26)21(16)25)30-23-29-13-19(27)22(32-23)31-20-9-7-6-8-15(20)12-28/h10-11,13,15,20H,6-9,14H2,1-5H3,(H2,29,30,31,32). The highest BCUT2D eigenvalue weighted by molar-refractivity contribution is 9.10. The van der Waals surface area contributed by atoms with Crippen LogP contribution in [0.5, 0.6) is 0 Å². The van der Waals surface area contributed by atoms with Crippen LogP contribution in [-0.4, -0.2) is 24.3 Å². The van der Waals surface area contributed by atoms with Gasteiger partial charge >= 0.3 is 0 Å². The Kier molecular flexibility index (Phi) is 8.91. The summed E-state index contributed by atoms with van der Waals surface area (Å²) in [7, 11) is -1.92. The van der Waals surface area contributed by atoms with Gasteiger partial charge in [-0.25, -0.2) is 4.98 Å². The van der Waals surface area contributed by atoms with E-state index in [1.807, 2.05) is 12.1 Å². The first-order chi connectivity index (χ1) is 15.9. The molecule has 2 N–H and O–H groups in total. The van der Waals surface area contributed by atoms with Gasteiger partial charge in [0, 0.05) is 16.2 Å².